The lowest BCUT2D eigenvalue weighted by atomic mass is 9.91. The van der Waals surface area contributed by atoms with Gasteiger partial charge < -0.3 is 14.0 Å². The number of methoxy groups -OCH3 is 1. The summed E-state index contributed by atoms with van der Waals surface area (Å²) in [4.78, 5) is 37.0. The van der Waals surface area contributed by atoms with E-state index in [9.17, 15) is 9.59 Å². The van der Waals surface area contributed by atoms with Gasteiger partial charge in [-0.25, -0.2) is 9.37 Å². The standard InChI is InChI=1S/C29H23ClFN5O4/c1-35-16-25(34-17-35)27(37)19-11-23-26(24(31)12-19)29(40-10-9-39-2,20-4-6-21(30)7-5-20)36(28(23)38)15-22-8-3-18(13-32)14-33-22/h3-8,11-12,14,16-17H,9-10,15H2,1-2H3. The van der Waals surface area contributed by atoms with E-state index in [1.54, 1.807) is 48.0 Å². The number of aryl methyl sites for hydroxylation is 1. The summed E-state index contributed by atoms with van der Waals surface area (Å²) in [5.74, 6) is -1.89. The minimum absolute atomic E-state index is 0.0111. The minimum atomic E-state index is -1.73. The van der Waals surface area contributed by atoms with Crippen molar-refractivity contribution in [1.82, 2.24) is 19.4 Å². The van der Waals surface area contributed by atoms with Crippen LogP contribution in [0.1, 0.15) is 48.8 Å². The van der Waals surface area contributed by atoms with Gasteiger partial charge in [-0.2, -0.15) is 5.26 Å². The highest BCUT2D eigenvalue weighted by Crippen LogP contribution is 2.48. The van der Waals surface area contributed by atoms with Crippen molar-refractivity contribution in [3.8, 4) is 6.07 Å². The first-order valence-corrected chi connectivity index (χ1v) is 12.6. The quantitative estimate of drug-likeness (QED) is 0.223. The Morgan fingerprint density at radius 1 is 1.15 bits per heavy atom. The number of amides is 1. The van der Waals surface area contributed by atoms with Gasteiger partial charge in [0, 0.05) is 42.7 Å². The molecule has 202 valence electrons. The maximum atomic E-state index is 16.2. The van der Waals surface area contributed by atoms with E-state index in [1.807, 2.05) is 6.07 Å². The van der Waals surface area contributed by atoms with Crippen LogP contribution in [-0.4, -0.2) is 51.4 Å². The third-order valence-electron chi connectivity index (χ3n) is 6.59. The Hall–Kier alpha value is -4.43. The van der Waals surface area contributed by atoms with Crippen molar-refractivity contribution in [2.45, 2.75) is 12.3 Å². The zero-order valence-electron chi connectivity index (χ0n) is 21.6. The number of halogens is 2. The van der Waals surface area contributed by atoms with E-state index >= 15 is 4.39 Å². The van der Waals surface area contributed by atoms with Gasteiger partial charge in [0.25, 0.3) is 5.91 Å². The molecule has 3 heterocycles. The second kappa shape index (κ2) is 11.0. The number of benzene rings is 2. The van der Waals surface area contributed by atoms with Gasteiger partial charge in [-0.3, -0.25) is 19.5 Å². The van der Waals surface area contributed by atoms with E-state index < -0.39 is 23.2 Å². The van der Waals surface area contributed by atoms with Crippen LogP contribution in [0.5, 0.6) is 0 Å². The molecule has 2 aromatic heterocycles. The third-order valence-corrected chi connectivity index (χ3v) is 6.84. The molecule has 0 bridgehead atoms. The van der Waals surface area contributed by atoms with Crippen molar-refractivity contribution in [2.75, 3.05) is 20.3 Å². The molecule has 0 saturated heterocycles. The Balaban J connectivity index is 1.71. The van der Waals surface area contributed by atoms with Crippen LogP contribution < -0.4 is 0 Å². The first-order chi connectivity index (χ1) is 19.3. The third kappa shape index (κ3) is 4.75. The molecule has 1 aliphatic rings. The molecule has 1 unspecified atom stereocenters. The number of hydrogen-bond acceptors (Lipinski definition) is 7. The Bertz CT molecular complexity index is 1630. The highest BCUT2D eigenvalue weighted by Gasteiger charge is 2.54. The molecule has 1 amide bonds. The number of carbonyl (C=O) groups excluding carboxylic acids is 2. The first-order valence-electron chi connectivity index (χ1n) is 12.2. The molecule has 0 N–H and O–H groups in total. The van der Waals surface area contributed by atoms with Crippen LogP contribution in [0.3, 0.4) is 0 Å². The molecule has 0 spiro atoms. The Labute approximate surface area is 234 Å². The minimum Gasteiger partial charge on any atom is -0.382 e. The van der Waals surface area contributed by atoms with Gasteiger partial charge in [-0.15, -0.1) is 0 Å². The number of rotatable bonds is 9. The lowest BCUT2D eigenvalue weighted by molar-refractivity contribution is -0.123. The van der Waals surface area contributed by atoms with Gasteiger partial charge in [0.15, 0.2) is 5.72 Å². The van der Waals surface area contributed by atoms with E-state index in [1.165, 1.54) is 36.8 Å². The molecule has 9 nitrogen and oxygen atoms in total. The van der Waals surface area contributed by atoms with Crippen LogP contribution in [0, 0.1) is 17.1 Å². The van der Waals surface area contributed by atoms with Gasteiger partial charge in [0.05, 0.1) is 48.5 Å². The zero-order valence-corrected chi connectivity index (χ0v) is 22.4. The number of carbonyl (C=O) groups is 2. The number of ether oxygens (including phenoxy) is 2. The molecule has 4 aromatic rings. The molecule has 1 aliphatic heterocycles. The molecule has 0 saturated carbocycles. The molecule has 5 rings (SSSR count). The Kier molecular flexibility index (Phi) is 7.45. The Morgan fingerprint density at radius 2 is 1.93 bits per heavy atom. The largest absolute Gasteiger partial charge is 0.382 e. The van der Waals surface area contributed by atoms with Gasteiger partial charge in [-0.1, -0.05) is 23.7 Å². The SMILES string of the molecule is COCCOC1(c2ccc(Cl)cc2)c2c(F)cc(C(=O)c3cn(C)cn3)cc2C(=O)N1Cc1ccc(C#N)cn1. The molecule has 40 heavy (non-hydrogen) atoms. The topological polar surface area (TPSA) is 110 Å². The highest BCUT2D eigenvalue weighted by atomic mass is 35.5. The zero-order chi connectivity index (χ0) is 28.4. The predicted molar refractivity (Wildman–Crippen MR) is 142 cm³/mol. The van der Waals surface area contributed by atoms with E-state index in [2.05, 4.69) is 9.97 Å². The molecule has 0 fully saturated rings. The van der Waals surface area contributed by atoms with Crippen LogP contribution in [0.4, 0.5) is 4.39 Å². The molecule has 2 aromatic carbocycles. The van der Waals surface area contributed by atoms with Crippen molar-refractivity contribution < 1.29 is 23.5 Å². The van der Waals surface area contributed by atoms with Crippen molar-refractivity contribution in [3.63, 3.8) is 0 Å². The number of imidazole rings is 1. The fraction of sp³-hybridized carbons (Fsp3) is 0.207. The molecule has 11 heteroatoms. The summed E-state index contributed by atoms with van der Waals surface area (Å²) in [6, 6.07) is 14.2. The lowest BCUT2D eigenvalue weighted by Gasteiger charge is -2.39. The highest BCUT2D eigenvalue weighted by molar-refractivity contribution is 6.30. The summed E-state index contributed by atoms with van der Waals surface area (Å²) in [7, 11) is 3.21. The number of nitrogens with zero attached hydrogens (tertiary/aromatic N) is 5. The van der Waals surface area contributed by atoms with Crippen LogP contribution in [-0.2, 0) is 28.8 Å². The van der Waals surface area contributed by atoms with E-state index in [0.717, 1.165) is 6.07 Å². The number of nitriles is 1. The maximum absolute atomic E-state index is 16.2. The molecule has 0 radical (unpaired) electrons. The van der Waals surface area contributed by atoms with Crippen molar-refractivity contribution >= 4 is 23.3 Å². The summed E-state index contributed by atoms with van der Waals surface area (Å²) in [6.45, 7) is 0.0919. The summed E-state index contributed by atoms with van der Waals surface area (Å²) in [6.07, 6.45) is 4.37. The van der Waals surface area contributed by atoms with Crippen molar-refractivity contribution in [2.24, 2.45) is 7.05 Å². The molecular formula is C29H23ClFN5O4. The summed E-state index contributed by atoms with van der Waals surface area (Å²) in [5, 5.41) is 9.60. The summed E-state index contributed by atoms with van der Waals surface area (Å²) < 4.78 is 29.4. The fourth-order valence-corrected chi connectivity index (χ4v) is 4.89. The summed E-state index contributed by atoms with van der Waals surface area (Å²) >= 11 is 6.16. The number of hydrogen-bond donors (Lipinski definition) is 0. The van der Waals surface area contributed by atoms with Crippen molar-refractivity contribution in [3.05, 3.63) is 117 Å². The number of ketones is 1. The van der Waals surface area contributed by atoms with Crippen LogP contribution in [0.15, 0.2) is 67.3 Å². The second-order valence-electron chi connectivity index (χ2n) is 9.17. The molecular weight excluding hydrogens is 537 g/mol. The van der Waals surface area contributed by atoms with Gasteiger partial charge >= 0.3 is 0 Å². The van der Waals surface area contributed by atoms with Crippen LogP contribution >= 0.6 is 11.6 Å². The second-order valence-corrected chi connectivity index (χ2v) is 9.60. The van der Waals surface area contributed by atoms with E-state index in [4.69, 9.17) is 26.3 Å². The number of aromatic nitrogens is 3. The van der Waals surface area contributed by atoms with Gasteiger partial charge in [0.1, 0.15) is 17.6 Å². The summed E-state index contributed by atoms with van der Waals surface area (Å²) in [5.41, 5.74) is -0.474. The molecule has 1 atom stereocenters. The Morgan fingerprint density at radius 3 is 2.55 bits per heavy atom. The monoisotopic (exact) mass is 559 g/mol. The maximum Gasteiger partial charge on any atom is 0.257 e. The van der Waals surface area contributed by atoms with E-state index in [0.29, 0.717) is 21.8 Å². The normalized spacial score (nSPS) is 16.2. The first kappa shape index (κ1) is 27.1. The van der Waals surface area contributed by atoms with Gasteiger partial charge in [-0.05, 0) is 36.4 Å². The molecule has 0 aliphatic carbocycles. The number of pyridine rings is 1. The van der Waals surface area contributed by atoms with E-state index in [-0.39, 0.29) is 42.1 Å². The average Bonchev–Trinajstić information content (AvgIpc) is 3.49. The van der Waals surface area contributed by atoms with Crippen LogP contribution in [0.25, 0.3) is 0 Å². The van der Waals surface area contributed by atoms with Crippen molar-refractivity contribution in [1.29, 1.82) is 5.26 Å². The van der Waals surface area contributed by atoms with Gasteiger partial charge in [0.2, 0.25) is 5.78 Å². The smallest absolute Gasteiger partial charge is 0.257 e. The predicted octanol–water partition coefficient (Wildman–Crippen LogP) is 4.23. The average molecular weight is 560 g/mol. The fourth-order valence-electron chi connectivity index (χ4n) is 4.76. The van der Waals surface area contributed by atoms with Crippen LogP contribution in [0.2, 0.25) is 5.02 Å². The number of fused-ring (bicyclic) bond motifs is 1. The lowest BCUT2D eigenvalue weighted by Crippen LogP contribution is -2.47.